The molecule has 2 N–H and O–H groups in total. The summed E-state index contributed by atoms with van der Waals surface area (Å²) in [6.45, 7) is 3.06. The first-order valence-corrected chi connectivity index (χ1v) is 7.38. The number of hydrogen-bond acceptors (Lipinski definition) is 3. The lowest BCUT2D eigenvalue weighted by Gasteiger charge is -2.16. The van der Waals surface area contributed by atoms with Gasteiger partial charge in [0.2, 0.25) is 10.0 Å². The predicted octanol–water partition coefficient (Wildman–Crippen LogP) is 1.31. The number of rotatable bonds is 3. The van der Waals surface area contributed by atoms with Gasteiger partial charge in [-0.15, -0.1) is 0 Å². The van der Waals surface area contributed by atoms with Crippen LogP contribution in [0.2, 0.25) is 0 Å². The second-order valence-corrected chi connectivity index (χ2v) is 6.65. The number of halogens is 1. The van der Waals surface area contributed by atoms with Gasteiger partial charge in [-0.1, -0.05) is 6.92 Å². The van der Waals surface area contributed by atoms with Crippen molar-refractivity contribution < 1.29 is 12.8 Å². The van der Waals surface area contributed by atoms with Crippen molar-refractivity contribution in [2.75, 3.05) is 13.1 Å². The number of benzene rings is 1. The van der Waals surface area contributed by atoms with E-state index >= 15 is 0 Å². The van der Waals surface area contributed by atoms with E-state index in [1.54, 1.807) is 0 Å². The van der Waals surface area contributed by atoms with Gasteiger partial charge in [-0.3, -0.25) is 0 Å². The van der Waals surface area contributed by atoms with E-state index in [1.165, 1.54) is 16.4 Å². The molecule has 4 nitrogen and oxygen atoms in total. The van der Waals surface area contributed by atoms with E-state index < -0.39 is 15.8 Å². The molecular weight excluding hydrogens is 255 g/mol. The monoisotopic (exact) mass is 272 g/mol. The van der Waals surface area contributed by atoms with Crippen LogP contribution >= 0.6 is 0 Å². The maximum atomic E-state index is 13.3. The largest absolute Gasteiger partial charge is 0.326 e. The third-order valence-corrected chi connectivity index (χ3v) is 5.12. The molecule has 1 aromatic rings. The first-order chi connectivity index (χ1) is 8.45. The Kier molecular flexibility index (Phi) is 3.70. The van der Waals surface area contributed by atoms with Crippen molar-refractivity contribution in [2.24, 2.45) is 11.7 Å². The fourth-order valence-electron chi connectivity index (χ4n) is 2.13. The number of nitrogens with zero attached hydrogens (tertiary/aromatic N) is 1. The summed E-state index contributed by atoms with van der Waals surface area (Å²) < 4.78 is 39.4. The van der Waals surface area contributed by atoms with Gasteiger partial charge in [-0.2, -0.15) is 4.31 Å². The van der Waals surface area contributed by atoms with Crippen LogP contribution in [0.15, 0.2) is 23.1 Å². The number of nitrogens with two attached hydrogens (primary N) is 1. The van der Waals surface area contributed by atoms with E-state index in [9.17, 15) is 12.8 Å². The molecule has 6 heteroatoms. The molecule has 1 fully saturated rings. The summed E-state index contributed by atoms with van der Waals surface area (Å²) in [5, 5.41) is 0. The molecule has 1 heterocycles. The van der Waals surface area contributed by atoms with Crippen LogP contribution in [-0.4, -0.2) is 25.8 Å². The molecule has 0 bridgehead atoms. The van der Waals surface area contributed by atoms with E-state index in [0.29, 0.717) is 19.0 Å². The Balaban J connectivity index is 2.35. The molecule has 0 radical (unpaired) electrons. The smallest absolute Gasteiger partial charge is 0.243 e. The van der Waals surface area contributed by atoms with Crippen LogP contribution in [0, 0.1) is 11.7 Å². The second-order valence-electron chi connectivity index (χ2n) is 4.71. The normalized spacial score (nSPS) is 21.4. The Labute approximate surface area is 107 Å². The lowest BCUT2D eigenvalue weighted by molar-refractivity contribution is 0.464. The zero-order valence-corrected chi connectivity index (χ0v) is 11.1. The molecule has 1 atom stereocenters. The van der Waals surface area contributed by atoms with Crippen LogP contribution in [0.5, 0.6) is 0 Å². The number of hydrogen-bond donors (Lipinski definition) is 1. The summed E-state index contributed by atoms with van der Waals surface area (Å²) in [7, 11) is -3.51. The van der Waals surface area contributed by atoms with E-state index in [2.05, 4.69) is 0 Å². The van der Waals surface area contributed by atoms with Gasteiger partial charge in [0, 0.05) is 25.2 Å². The highest BCUT2D eigenvalue weighted by molar-refractivity contribution is 7.89. The molecule has 1 saturated heterocycles. The first kappa shape index (κ1) is 13.5. The molecule has 1 aromatic carbocycles. The van der Waals surface area contributed by atoms with Gasteiger partial charge in [0.15, 0.2) is 0 Å². The minimum absolute atomic E-state index is 0.00834. The fourth-order valence-corrected chi connectivity index (χ4v) is 3.76. The highest BCUT2D eigenvalue weighted by Crippen LogP contribution is 2.25. The Morgan fingerprint density at radius 2 is 2.22 bits per heavy atom. The average molecular weight is 272 g/mol. The van der Waals surface area contributed by atoms with Crippen LogP contribution in [-0.2, 0) is 16.6 Å². The maximum absolute atomic E-state index is 13.3. The fraction of sp³-hybridized carbons (Fsp3) is 0.500. The van der Waals surface area contributed by atoms with Gasteiger partial charge in [0.05, 0.1) is 4.90 Å². The molecule has 0 aromatic heterocycles. The van der Waals surface area contributed by atoms with Gasteiger partial charge >= 0.3 is 0 Å². The molecule has 1 aliphatic heterocycles. The molecule has 2 rings (SSSR count). The molecule has 1 unspecified atom stereocenters. The van der Waals surface area contributed by atoms with Crippen molar-refractivity contribution in [3.8, 4) is 0 Å². The lowest BCUT2D eigenvalue weighted by Crippen LogP contribution is -2.28. The molecule has 0 amide bonds. The molecule has 100 valence electrons. The average Bonchev–Trinajstić information content (AvgIpc) is 2.77. The highest BCUT2D eigenvalue weighted by Gasteiger charge is 2.30. The van der Waals surface area contributed by atoms with Gasteiger partial charge in [0.25, 0.3) is 0 Å². The van der Waals surface area contributed by atoms with Crippen molar-refractivity contribution in [3.63, 3.8) is 0 Å². The summed E-state index contributed by atoms with van der Waals surface area (Å²) in [5.41, 5.74) is 5.62. The Hall–Kier alpha value is -0.980. The standard InChI is InChI=1S/C12H17FN2O2S/c1-9-4-5-15(8-9)18(16,17)11-2-3-12(13)10(6-11)7-14/h2-3,6,9H,4-5,7-8,14H2,1H3. The topological polar surface area (TPSA) is 63.4 Å². The summed E-state index contributed by atoms with van der Waals surface area (Å²) >= 11 is 0. The zero-order chi connectivity index (χ0) is 13.3. The van der Waals surface area contributed by atoms with Crippen molar-refractivity contribution in [1.29, 1.82) is 0 Å². The van der Waals surface area contributed by atoms with E-state index in [-0.39, 0.29) is 17.0 Å². The first-order valence-electron chi connectivity index (χ1n) is 5.94. The van der Waals surface area contributed by atoms with Crippen LogP contribution in [0.3, 0.4) is 0 Å². The van der Waals surface area contributed by atoms with Crippen LogP contribution in [0.25, 0.3) is 0 Å². The molecule has 1 aliphatic rings. The minimum atomic E-state index is -3.51. The summed E-state index contributed by atoms with van der Waals surface area (Å²) in [4.78, 5) is 0.124. The Morgan fingerprint density at radius 1 is 1.50 bits per heavy atom. The van der Waals surface area contributed by atoms with Crippen LogP contribution in [0.4, 0.5) is 4.39 Å². The van der Waals surface area contributed by atoms with Gasteiger partial charge in [0.1, 0.15) is 5.82 Å². The van der Waals surface area contributed by atoms with Gasteiger partial charge < -0.3 is 5.73 Å². The van der Waals surface area contributed by atoms with E-state index in [1.807, 2.05) is 6.92 Å². The minimum Gasteiger partial charge on any atom is -0.326 e. The van der Waals surface area contributed by atoms with Crippen LogP contribution in [0.1, 0.15) is 18.9 Å². The maximum Gasteiger partial charge on any atom is 0.243 e. The lowest BCUT2D eigenvalue weighted by atomic mass is 10.2. The SMILES string of the molecule is CC1CCN(S(=O)(=O)c2ccc(F)c(CN)c2)C1. The molecule has 0 saturated carbocycles. The Bertz CT molecular complexity index is 545. The highest BCUT2D eigenvalue weighted by atomic mass is 32.2. The summed E-state index contributed by atoms with van der Waals surface area (Å²) in [5.74, 6) is -0.0968. The zero-order valence-electron chi connectivity index (χ0n) is 10.3. The Morgan fingerprint density at radius 3 is 2.78 bits per heavy atom. The van der Waals surface area contributed by atoms with E-state index in [4.69, 9.17) is 5.73 Å². The van der Waals surface area contributed by atoms with Crippen molar-refractivity contribution in [3.05, 3.63) is 29.6 Å². The van der Waals surface area contributed by atoms with Crippen LogP contribution < -0.4 is 5.73 Å². The van der Waals surface area contributed by atoms with Crippen molar-refractivity contribution >= 4 is 10.0 Å². The molecule has 0 aliphatic carbocycles. The third kappa shape index (κ3) is 2.41. The van der Waals surface area contributed by atoms with Crippen molar-refractivity contribution in [2.45, 2.75) is 24.8 Å². The molecular formula is C12H17FN2O2S. The molecule has 0 spiro atoms. The van der Waals surface area contributed by atoms with E-state index in [0.717, 1.165) is 12.5 Å². The second kappa shape index (κ2) is 4.95. The van der Waals surface area contributed by atoms with Gasteiger partial charge in [-0.25, -0.2) is 12.8 Å². The van der Waals surface area contributed by atoms with Crippen molar-refractivity contribution in [1.82, 2.24) is 4.31 Å². The summed E-state index contributed by atoms with van der Waals surface area (Å²) in [6.07, 6.45) is 0.865. The van der Waals surface area contributed by atoms with Gasteiger partial charge in [-0.05, 0) is 30.5 Å². The number of sulfonamides is 1. The summed E-state index contributed by atoms with van der Waals surface area (Å²) in [6, 6.07) is 3.79. The predicted molar refractivity (Wildman–Crippen MR) is 66.8 cm³/mol. The third-order valence-electron chi connectivity index (χ3n) is 3.26. The molecule has 18 heavy (non-hydrogen) atoms. The quantitative estimate of drug-likeness (QED) is 0.902.